The van der Waals surface area contributed by atoms with E-state index in [1.165, 1.54) is 31.2 Å². The minimum atomic E-state index is -1.32. The first-order valence-corrected chi connectivity index (χ1v) is 11.4. The van der Waals surface area contributed by atoms with Gasteiger partial charge < -0.3 is 30.8 Å². The number of ether oxygens (including phenoxy) is 1. The number of carboxylic acids is 1. The van der Waals surface area contributed by atoms with Crippen molar-refractivity contribution in [1.82, 2.24) is 15.2 Å². The van der Waals surface area contributed by atoms with Crippen LogP contribution in [0.25, 0.3) is 0 Å². The number of carbonyl (C=O) groups excluding carboxylic acids is 3. The van der Waals surface area contributed by atoms with E-state index in [-0.39, 0.29) is 41.2 Å². The van der Waals surface area contributed by atoms with Crippen molar-refractivity contribution in [2.75, 3.05) is 31.8 Å². The monoisotopic (exact) mass is 501 g/mol. The van der Waals surface area contributed by atoms with E-state index in [9.17, 15) is 24.3 Å². The van der Waals surface area contributed by atoms with Crippen LogP contribution in [0.5, 0.6) is 0 Å². The van der Waals surface area contributed by atoms with Crippen LogP contribution in [0.15, 0.2) is 21.8 Å². The van der Waals surface area contributed by atoms with Gasteiger partial charge in [0.2, 0.25) is 0 Å². The smallest absolute Gasteiger partial charge is 0.352 e. The fourth-order valence-corrected chi connectivity index (χ4v) is 4.76. The second kappa shape index (κ2) is 11.6. The van der Waals surface area contributed by atoms with Gasteiger partial charge in [-0.1, -0.05) is 5.16 Å². The largest absolute Gasteiger partial charge is 0.477 e. The van der Waals surface area contributed by atoms with Gasteiger partial charge in [0.1, 0.15) is 36.5 Å². The van der Waals surface area contributed by atoms with E-state index in [0.29, 0.717) is 5.57 Å². The normalized spacial score (nSPS) is 19.6. The number of anilines is 1. The number of nitrogen functional groups attached to an aromatic ring is 1. The Morgan fingerprint density at radius 2 is 2.09 bits per heavy atom. The van der Waals surface area contributed by atoms with Gasteiger partial charge in [-0.3, -0.25) is 19.3 Å². The Bertz CT molecular complexity index is 992. The molecule has 3 heterocycles. The number of aliphatic hydroxyl groups is 1. The summed E-state index contributed by atoms with van der Waals surface area (Å²) in [6.07, 6.45) is 0. The molecule has 0 radical (unpaired) electrons. The first-order valence-electron chi connectivity index (χ1n) is 9.43. The van der Waals surface area contributed by atoms with Crippen LogP contribution < -0.4 is 11.1 Å². The Morgan fingerprint density at radius 3 is 2.61 bits per heavy atom. The number of nitrogens with zero attached hydrogens (tertiary/aromatic N) is 3. The van der Waals surface area contributed by atoms with Gasteiger partial charge in [0.25, 0.3) is 11.8 Å². The van der Waals surface area contributed by atoms with Crippen LogP contribution in [0.4, 0.5) is 5.13 Å². The number of carboxylic acid groups (broad SMARTS) is 1. The number of fused-ring (bicyclic) bond motifs is 1. The molecule has 180 valence electrons. The highest BCUT2D eigenvalue weighted by Crippen LogP contribution is 2.40. The fourth-order valence-electron chi connectivity index (χ4n) is 2.88. The third kappa shape index (κ3) is 6.00. The number of aliphatic carboxylic acids is 1. The van der Waals surface area contributed by atoms with Crippen LogP contribution in [0, 0.1) is 0 Å². The lowest BCUT2D eigenvalue weighted by molar-refractivity contribution is -0.150. The van der Waals surface area contributed by atoms with Crippen LogP contribution in [-0.2, 0) is 28.8 Å². The van der Waals surface area contributed by atoms with Gasteiger partial charge in [-0.2, -0.15) is 0 Å². The van der Waals surface area contributed by atoms with Crippen molar-refractivity contribution in [2.45, 2.75) is 25.3 Å². The molecule has 1 aromatic heterocycles. The quantitative estimate of drug-likeness (QED) is 0.161. The number of nitrogens with two attached hydrogens (primary N) is 1. The maximum atomic E-state index is 12.7. The van der Waals surface area contributed by atoms with Crippen LogP contribution in [0.2, 0.25) is 0 Å². The summed E-state index contributed by atoms with van der Waals surface area (Å²) in [5.41, 5.74) is 5.67. The summed E-state index contributed by atoms with van der Waals surface area (Å²) in [5.74, 6) is -2.98. The number of nitrogens with one attached hydrogen (secondary N) is 1. The summed E-state index contributed by atoms with van der Waals surface area (Å²) in [5, 5.41) is 24.4. The number of oxime groups is 1. The molecule has 5 N–H and O–H groups in total. The van der Waals surface area contributed by atoms with Crippen LogP contribution in [-0.4, -0.2) is 87.1 Å². The number of thiazole rings is 1. The highest BCUT2D eigenvalue weighted by atomic mass is 32.2. The number of β-lactam (4-membered cyclic amide) rings is 1. The minimum Gasteiger partial charge on any atom is -0.477 e. The number of esters is 1. The third-order valence-corrected chi connectivity index (χ3v) is 6.16. The molecule has 0 aliphatic carbocycles. The molecule has 0 bridgehead atoms. The number of aromatic nitrogens is 1. The zero-order valence-electron chi connectivity index (χ0n) is 17.9. The molecule has 3 rings (SSSR count). The molecule has 2 aliphatic heterocycles. The minimum absolute atomic E-state index is 0.165. The van der Waals surface area contributed by atoms with Crippen LogP contribution >= 0.6 is 23.1 Å². The predicted molar refractivity (Wildman–Crippen MR) is 119 cm³/mol. The Labute approximate surface area is 196 Å². The number of aliphatic hydroxyl groups excluding tert-OH is 1. The molecule has 15 heteroatoms. The molecule has 2 aliphatic rings. The highest BCUT2D eigenvalue weighted by Gasteiger charge is 2.54. The van der Waals surface area contributed by atoms with E-state index < -0.39 is 35.2 Å². The Balaban J connectivity index is 0.00000122. The van der Waals surface area contributed by atoms with Gasteiger partial charge >= 0.3 is 11.9 Å². The number of carbonyl (C=O) groups is 4. The number of rotatable bonds is 7. The zero-order valence-corrected chi connectivity index (χ0v) is 19.6. The number of thioether (sulfide) groups is 1. The maximum Gasteiger partial charge on any atom is 0.352 e. The molecule has 33 heavy (non-hydrogen) atoms. The highest BCUT2D eigenvalue weighted by molar-refractivity contribution is 8.00. The third-order valence-electron chi connectivity index (χ3n) is 4.15. The van der Waals surface area contributed by atoms with E-state index in [0.717, 1.165) is 16.2 Å². The standard InChI is InChI=1S/C16H17N5O7S2.C2H6O/c1-6(22)28-3-7-4-29-14-10(13(24)21(14)11(7)15(25)26)19-12(23)9(20-27-2)8-5-30-16(17)18-8;1-2-3/h5,10,14H,3-4H2,1-2H3,(H2,17,18)(H,19,23)(H,25,26);3H,2H2,1H3/b20-9+;/t10-,14-;/m1./s1. The lowest BCUT2D eigenvalue weighted by Crippen LogP contribution is -2.71. The van der Waals surface area contributed by atoms with Crippen molar-refractivity contribution in [3.05, 3.63) is 22.3 Å². The van der Waals surface area contributed by atoms with Crippen molar-refractivity contribution >= 4 is 57.7 Å². The number of hydrogen-bond donors (Lipinski definition) is 4. The van der Waals surface area contributed by atoms with Gasteiger partial charge in [0.05, 0.1) is 0 Å². The summed E-state index contributed by atoms with van der Waals surface area (Å²) in [4.78, 5) is 57.8. The first kappa shape index (κ1) is 26.1. The van der Waals surface area contributed by atoms with E-state index >= 15 is 0 Å². The second-order valence-electron chi connectivity index (χ2n) is 6.41. The van der Waals surface area contributed by atoms with Crippen molar-refractivity contribution < 1.29 is 39.0 Å². The Hall–Kier alpha value is -3.17. The average Bonchev–Trinajstić information content (AvgIpc) is 3.19. The van der Waals surface area contributed by atoms with Crippen molar-refractivity contribution in [3.8, 4) is 0 Å². The molecular formula is C18H23N5O8S2. The van der Waals surface area contributed by atoms with Gasteiger partial charge in [-0.15, -0.1) is 23.1 Å². The molecule has 13 nitrogen and oxygen atoms in total. The van der Waals surface area contributed by atoms with E-state index in [1.54, 1.807) is 6.92 Å². The SMILES string of the molecule is CCO.CO/N=C(/C(=O)N[C@@H]1C(=O)N2C(C(=O)O)=C(COC(C)=O)CS[C@H]12)c1csc(N)n1. The molecule has 1 saturated heterocycles. The van der Waals surface area contributed by atoms with Crippen LogP contribution in [0.1, 0.15) is 19.5 Å². The summed E-state index contributed by atoms with van der Waals surface area (Å²) in [7, 11) is 1.25. The van der Waals surface area contributed by atoms with Crippen molar-refractivity contribution in [1.29, 1.82) is 0 Å². The molecule has 0 saturated carbocycles. The Kier molecular flexibility index (Phi) is 9.19. The molecule has 1 aromatic rings. The summed E-state index contributed by atoms with van der Waals surface area (Å²) in [6.45, 7) is 2.91. The predicted octanol–water partition coefficient (Wildman–Crippen LogP) is -0.624. The lowest BCUT2D eigenvalue weighted by Gasteiger charge is -2.49. The van der Waals surface area contributed by atoms with Gasteiger partial charge in [0.15, 0.2) is 10.8 Å². The van der Waals surface area contributed by atoms with Gasteiger partial charge in [-0.05, 0) is 6.92 Å². The molecule has 0 spiro atoms. The molecular weight excluding hydrogens is 478 g/mol. The van der Waals surface area contributed by atoms with E-state index in [1.807, 2.05) is 0 Å². The van der Waals surface area contributed by atoms with Crippen molar-refractivity contribution in [2.24, 2.45) is 5.16 Å². The lowest BCUT2D eigenvalue weighted by atomic mass is 10.0. The molecule has 0 aromatic carbocycles. The van der Waals surface area contributed by atoms with Crippen molar-refractivity contribution in [3.63, 3.8) is 0 Å². The second-order valence-corrected chi connectivity index (χ2v) is 8.40. The van der Waals surface area contributed by atoms with Gasteiger partial charge in [-0.25, -0.2) is 9.78 Å². The summed E-state index contributed by atoms with van der Waals surface area (Å²) >= 11 is 2.35. The average molecular weight is 502 g/mol. The fraction of sp³-hybridized carbons (Fsp3) is 0.444. The molecule has 1 fully saturated rings. The maximum absolute atomic E-state index is 12.7. The van der Waals surface area contributed by atoms with E-state index in [2.05, 4.69) is 20.3 Å². The van der Waals surface area contributed by atoms with Crippen LogP contribution in [0.3, 0.4) is 0 Å². The zero-order chi connectivity index (χ0) is 24.7. The van der Waals surface area contributed by atoms with E-state index in [4.69, 9.17) is 15.6 Å². The van der Waals surface area contributed by atoms with Gasteiger partial charge in [0, 0.05) is 30.2 Å². The molecule has 0 unspecified atom stereocenters. The Morgan fingerprint density at radius 1 is 1.42 bits per heavy atom. The molecule has 2 amide bonds. The summed E-state index contributed by atoms with van der Waals surface area (Å²) in [6, 6.07) is -0.967. The topological polar surface area (TPSA) is 194 Å². The summed E-state index contributed by atoms with van der Waals surface area (Å²) < 4.78 is 4.88. The number of hydrogen-bond acceptors (Lipinski definition) is 12. The number of amides is 2. The first-order chi connectivity index (χ1) is 15.7. The molecule has 2 atom stereocenters.